The van der Waals surface area contributed by atoms with E-state index in [0.717, 1.165) is 5.56 Å². The van der Waals surface area contributed by atoms with E-state index in [4.69, 9.17) is 28.5 Å². The van der Waals surface area contributed by atoms with Gasteiger partial charge in [0.25, 0.3) is 5.69 Å². The normalized spacial score (nSPS) is 11.7. The number of nitriles is 1. The van der Waals surface area contributed by atoms with Crippen LogP contribution in [0.4, 0.5) is 11.4 Å². The van der Waals surface area contributed by atoms with Gasteiger partial charge >= 0.3 is 0 Å². The molecule has 0 saturated heterocycles. The van der Waals surface area contributed by atoms with Crippen LogP contribution in [0.2, 0.25) is 8.67 Å². The molecule has 0 aliphatic carbocycles. The number of halogens is 2. The van der Waals surface area contributed by atoms with Crippen molar-refractivity contribution in [1.29, 1.82) is 5.26 Å². The molecule has 8 heteroatoms. The topological polar surface area (TPSA) is 79.0 Å². The SMILES string of the molecule is CC(Nc1ccc(C#N)cc1[N+](=O)[O-])c1cc(Cl)sc1Cl. The predicted molar refractivity (Wildman–Crippen MR) is 84.2 cm³/mol. The van der Waals surface area contributed by atoms with Gasteiger partial charge in [0.15, 0.2) is 0 Å². The lowest BCUT2D eigenvalue weighted by atomic mass is 10.1. The van der Waals surface area contributed by atoms with Gasteiger partial charge in [0.05, 0.1) is 31.3 Å². The number of nitrogens with zero attached hydrogens (tertiary/aromatic N) is 2. The Morgan fingerprint density at radius 3 is 2.67 bits per heavy atom. The van der Waals surface area contributed by atoms with Gasteiger partial charge in [-0.3, -0.25) is 10.1 Å². The lowest BCUT2D eigenvalue weighted by Crippen LogP contribution is -2.08. The summed E-state index contributed by atoms with van der Waals surface area (Å²) in [5, 5.41) is 22.9. The zero-order valence-electron chi connectivity index (χ0n) is 10.8. The minimum Gasteiger partial charge on any atom is -0.373 e. The molecular weight excluding hydrogens is 333 g/mol. The van der Waals surface area contributed by atoms with Crippen LogP contribution in [0, 0.1) is 21.4 Å². The van der Waals surface area contributed by atoms with Gasteiger partial charge in [-0.1, -0.05) is 23.2 Å². The standard InChI is InChI=1S/C13H9Cl2N3O2S/c1-7(9-5-12(14)21-13(9)15)17-10-3-2-8(6-16)4-11(10)18(19)20/h2-5,7,17H,1H3. The molecule has 108 valence electrons. The monoisotopic (exact) mass is 341 g/mol. The van der Waals surface area contributed by atoms with Crippen LogP contribution in [0.25, 0.3) is 0 Å². The Kier molecular flexibility index (Phi) is 4.68. The number of thiophene rings is 1. The summed E-state index contributed by atoms with van der Waals surface area (Å²) in [7, 11) is 0. The summed E-state index contributed by atoms with van der Waals surface area (Å²) >= 11 is 13.2. The Morgan fingerprint density at radius 1 is 1.43 bits per heavy atom. The fourth-order valence-electron chi connectivity index (χ4n) is 1.83. The molecule has 1 aromatic heterocycles. The quantitative estimate of drug-likeness (QED) is 0.626. The van der Waals surface area contributed by atoms with Gasteiger partial charge in [-0.25, -0.2) is 0 Å². The second-order valence-corrected chi connectivity index (χ2v) is 6.53. The van der Waals surface area contributed by atoms with Crippen LogP contribution in [0.3, 0.4) is 0 Å². The van der Waals surface area contributed by atoms with Crippen LogP contribution in [0.1, 0.15) is 24.1 Å². The van der Waals surface area contributed by atoms with E-state index in [1.807, 2.05) is 13.0 Å². The van der Waals surface area contributed by atoms with Crippen LogP contribution in [0.5, 0.6) is 0 Å². The van der Waals surface area contributed by atoms with E-state index >= 15 is 0 Å². The Hall–Kier alpha value is -1.81. The molecule has 1 unspecified atom stereocenters. The lowest BCUT2D eigenvalue weighted by Gasteiger charge is -2.14. The number of rotatable bonds is 4. The first-order valence-electron chi connectivity index (χ1n) is 5.82. The maximum atomic E-state index is 11.1. The smallest absolute Gasteiger partial charge is 0.293 e. The average Bonchev–Trinajstić information content (AvgIpc) is 2.78. The Balaban J connectivity index is 2.33. The third kappa shape index (κ3) is 3.45. The Labute approximate surface area is 134 Å². The first-order chi connectivity index (χ1) is 9.92. The van der Waals surface area contributed by atoms with Gasteiger partial charge in [-0.2, -0.15) is 5.26 Å². The van der Waals surface area contributed by atoms with Gasteiger partial charge in [0, 0.05) is 11.6 Å². The number of hydrogen-bond donors (Lipinski definition) is 1. The van der Waals surface area contributed by atoms with E-state index < -0.39 is 4.92 Å². The van der Waals surface area contributed by atoms with Crippen molar-refractivity contribution in [3.63, 3.8) is 0 Å². The highest BCUT2D eigenvalue weighted by Gasteiger charge is 2.19. The Morgan fingerprint density at radius 2 is 2.14 bits per heavy atom. The fraction of sp³-hybridized carbons (Fsp3) is 0.154. The maximum absolute atomic E-state index is 11.1. The van der Waals surface area contributed by atoms with Crippen LogP contribution in [-0.4, -0.2) is 4.92 Å². The zero-order valence-corrected chi connectivity index (χ0v) is 13.1. The summed E-state index contributed by atoms with van der Waals surface area (Å²) in [5.41, 5.74) is 1.17. The molecule has 0 spiro atoms. The first kappa shape index (κ1) is 15.6. The molecule has 1 N–H and O–H groups in total. The van der Waals surface area contributed by atoms with Gasteiger partial charge < -0.3 is 5.32 Å². The highest BCUT2D eigenvalue weighted by molar-refractivity contribution is 7.20. The molecule has 0 fully saturated rings. The minimum atomic E-state index is -0.530. The van der Waals surface area contributed by atoms with Gasteiger partial charge in [0.1, 0.15) is 5.69 Å². The van der Waals surface area contributed by atoms with Crippen molar-refractivity contribution in [1.82, 2.24) is 0 Å². The summed E-state index contributed by atoms with van der Waals surface area (Å²) < 4.78 is 1.09. The van der Waals surface area contributed by atoms with E-state index in [1.54, 1.807) is 6.07 Å². The van der Waals surface area contributed by atoms with Crippen LogP contribution in [0.15, 0.2) is 24.3 Å². The third-order valence-electron chi connectivity index (χ3n) is 2.85. The van der Waals surface area contributed by atoms with E-state index in [1.165, 1.54) is 29.5 Å². The van der Waals surface area contributed by atoms with Gasteiger partial charge in [0.2, 0.25) is 0 Å². The van der Waals surface area contributed by atoms with Gasteiger partial charge in [-0.05, 0) is 25.1 Å². The van der Waals surface area contributed by atoms with Gasteiger partial charge in [-0.15, -0.1) is 11.3 Å². The molecule has 2 rings (SSSR count). The van der Waals surface area contributed by atoms with Crippen molar-refractivity contribution in [2.45, 2.75) is 13.0 Å². The third-order valence-corrected chi connectivity index (χ3v) is 4.36. The summed E-state index contributed by atoms with van der Waals surface area (Å²) in [4.78, 5) is 10.6. The summed E-state index contributed by atoms with van der Waals surface area (Å²) in [6.07, 6.45) is 0. The second kappa shape index (κ2) is 6.31. The number of nitrogens with one attached hydrogen (secondary N) is 1. The van der Waals surface area contributed by atoms with E-state index in [9.17, 15) is 10.1 Å². The van der Waals surface area contributed by atoms with Crippen molar-refractivity contribution < 1.29 is 4.92 Å². The number of nitro groups is 1. The van der Waals surface area contributed by atoms with Crippen molar-refractivity contribution in [2.75, 3.05) is 5.32 Å². The predicted octanol–water partition coefficient (Wildman–Crippen LogP) is 5.01. The summed E-state index contributed by atoms with van der Waals surface area (Å²) in [6.45, 7) is 1.83. The summed E-state index contributed by atoms with van der Waals surface area (Å²) in [5.74, 6) is 0. The summed E-state index contributed by atoms with van der Waals surface area (Å²) in [6, 6.07) is 7.61. The highest BCUT2D eigenvalue weighted by Crippen LogP contribution is 2.37. The molecular formula is C13H9Cl2N3O2S. The lowest BCUT2D eigenvalue weighted by molar-refractivity contribution is -0.384. The molecule has 0 aliphatic heterocycles. The number of nitro benzene ring substituents is 1. The van der Waals surface area contributed by atoms with Crippen molar-refractivity contribution >= 4 is 45.9 Å². The molecule has 21 heavy (non-hydrogen) atoms. The minimum absolute atomic E-state index is 0.154. The molecule has 0 aliphatic rings. The molecule has 1 aromatic carbocycles. The molecule has 0 bridgehead atoms. The molecule has 1 atom stereocenters. The van der Waals surface area contributed by atoms with Crippen LogP contribution < -0.4 is 5.32 Å². The second-order valence-electron chi connectivity index (χ2n) is 4.25. The molecule has 0 radical (unpaired) electrons. The molecule has 5 nitrogen and oxygen atoms in total. The van der Waals surface area contributed by atoms with Crippen molar-refractivity contribution in [3.05, 3.63) is 54.2 Å². The number of hydrogen-bond acceptors (Lipinski definition) is 5. The molecule has 1 heterocycles. The van der Waals surface area contributed by atoms with Crippen molar-refractivity contribution in [2.24, 2.45) is 0 Å². The number of benzene rings is 1. The first-order valence-corrected chi connectivity index (χ1v) is 7.39. The largest absolute Gasteiger partial charge is 0.373 e. The molecule has 0 amide bonds. The number of anilines is 1. The van der Waals surface area contributed by atoms with Crippen molar-refractivity contribution in [3.8, 4) is 6.07 Å². The van der Waals surface area contributed by atoms with Crippen LogP contribution in [-0.2, 0) is 0 Å². The molecule has 0 saturated carbocycles. The van der Waals surface area contributed by atoms with E-state index in [-0.39, 0.29) is 17.3 Å². The Bertz CT molecular complexity index is 740. The molecule has 2 aromatic rings. The maximum Gasteiger partial charge on any atom is 0.293 e. The zero-order chi connectivity index (χ0) is 15.6. The fourth-order valence-corrected chi connectivity index (χ4v) is 3.48. The van der Waals surface area contributed by atoms with E-state index in [2.05, 4.69) is 5.32 Å². The van der Waals surface area contributed by atoms with E-state index in [0.29, 0.717) is 14.4 Å². The van der Waals surface area contributed by atoms with Crippen LogP contribution >= 0.6 is 34.5 Å². The average molecular weight is 342 g/mol. The highest BCUT2D eigenvalue weighted by atomic mass is 35.5.